The smallest absolute Gasteiger partial charge is 0.330 e. The van der Waals surface area contributed by atoms with Crippen molar-refractivity contribution in [3.63, 3.8) is 0 Å². The molecule has 10 heteroatoms. The van der Waals surface area contributed by atoms with Gasteiger partial charge < -0.3 is 20.1 Å². The van der Waals surface area contributed by atoms with E-state index >= 15 is 0 Å². The Hall–Kier alpha value is -2.88. The van der Waals surface area contributed by atoms with Crippen LogP contribution in [0.1, 0.15) is 46.0 Å². The summed E-state index contributed by atoms with van der Waals surface area (Å²) in [6.45, 7) is 5.81. The minimum absolute atomic E-state index is 0.0337. The van der Waals surface area contributed by atoms with Crippen molar-refractivity contribution in [2.45, 2.75) is 57.4 Å². The van der Waals surface area contributed by atoms with E-state index in [0.29, 0.717) is 37.8 Å². The third-order valence-electron chi connectivity index (χ3n) is 5.38. The molecule has 1 aliphatic rings. The van der Waals surface area contributed by atoms with Crippen LogP contribution in [0.2, 0.25) is 0 Å². The van der Waals surface area contributed by atoms with Crippen LogP contribution in [0.5, 0.6) is 11.5 Å². The maximum Gasteiger partial charge on any atom is 0.330 e. The molecule has 2 heterocycles. The minimum atomic E-state index is -0.639. The number of unbranched alkanes of at least 4 members (excludes halogenated alkanes) is 3. The lowest BCUT2D eigenvalue weighted by atomic mass is 10.2. The Kier molecular flexibility index (Phi) is 8.87. The molecule has 0 saturated heterocycles. The lowest BCUT2D eigenvalue weighted by Gasteiger charge is -2.24. The molecule has 33 heavy (non-hydrogen) atoms. The first kappa shape index (κ1) is 24.8. The Labute approximate surface area is 197 Å². The Morgan fingerprint density at radius 2 is 1.85 bits per heavy atom. The molecule has 0 atom stereocenters. The van der Waals surface area contributed by atoms with E-state index in [0.717, 1.165) is 37.0 Å². The first-order valence-corrected chi connectivity index (χ1v) is 12.4. The van der Waals surface area contributed by atoms with E-state index in [1.165, 1.54) is 21.2 Å². The zero-order chi connectivity index (χ0) is 23.8. The molecule has 2 aromatic rings. The van der Waals surface area contributed by atoms with Crippen LogP contribution < -0.4 is 31.4 Å². The zero-order valence-electron chi connectivity index (χ0n) is 19.2. The van der Waals surface area contributed by atoms with Gasteiger partial charge in [-0.2, -0.15) is 0 Å². The average Bonchev–Trinajstić information content (AvgIpc) is 2.81. The quantitative estimate of drug-likeness (QED) is 0.378. The molecule has 9 nitrogen and oxygen atoms in total. The number of thioether (sulfide) groups is 1. The van der Waals surface area contributed by atoms with E-state index in [1.54, 1.807) is 0 Å². The number of aromatic nitrogens is 2. The number of aromatic amines is 1. The van der Waals surface area contributed by atoms with E-state index in [9.17, 15) is 14.4 Å². The highest BCUT2D eigenvalue weighted by Crippen LogP contribution is 2.34. The molecule has 1 aromatic carbocycles. The fourth-order valence-corrected chi connectivity index (χ4v) is 4.39. The van der Waals surface area contributed by atoms with Gasteiger partial charge in [-0.05, 0) is 31.0 Å². The van der Waals surface area contributed by atoms with Crippen molar-refractivity contribution in [2.24, 2.45) is 0 Å². The number of rotatable bonds is 11. The molecular formula is C23H32N4O5S. The van der Waals surface area contributed by atoms with Crippen molar-refractivity contribution in [3.8, 4) is 11.5 Å². The van der Waals surface area contributed by atoms with Crippen LogP contribution in [-0.2, 0) is 11.3 Å². The zero-order valence-corrected chi connectivity index (χ0v) is 20.0. The third-order valence-corrected chi connectivity index (χ3v) is 6.36. The van der Waals surface area contributed by atoms with E-state index < -0.39 is 11.2 Å². The van der Waals surface area contributed by atoms with Crippen molar-refractivity contribution in [1.82, 2.24) is 9.55 Å². The fourth-order valence-electron chi connectivity index (χ4n) is 3.59. The number of hydrogen-bond acceptors (Lipinski definition) is 7. The predicted octanol–water partition coefficient (Wildman–Crippen LogP) is 3.01. The second-order valence-corrected chi connectivity index (χ2v) is 8.89. The van der Waals surface area contributed by atoms with Crippen molar-refractivity contribution in [1.29, 1.82) is 0 Å². The fraction of sp³-hybridized carbons (Fsp3) is 0.522. The summed E-state index contributed by atoms with van der Waals surface area (Å²) in [6, 6.07) is 5.55. The Balaban J connectivity index is 1.84. The summed E-state index contributed by atoms with van der Waals surface area (Å²) < 4.78 is 12.5. The maximum absolute atomic E-state index is 13.3. The van der Waals surface area contributed by atoms with Gasteiger partial charge in [0.2, 0.25) is 5.91 Å². The number of nitrogens with one attached hydrogen (secondary N) is 1. The number of nitrogens with two attached hydrogens (primary N) is 1. The predicted molar refractivity (Wildman–Crippen MR) is 131 cm³/mol. The number of ether oxygens (including phenoxy) is 2. The van der Waals surface area contributed by atoms with Gasteiger partial charge in [-0.1, -0.05) is 33.1 Å². The summed E-state index contributed by atoms with van der Waals surface area (Å²) in [5.41, 5.74) is 5.12. The monoisotopic (exact) mass is 476 g/mol. The molecule has 3 N–H and O–H groups in total. The summed E-state index contributed by atoms with van der Waals surface area (Å²) in [6.07, 6.45) is 4.21. The number of hydrogen-bond donors (Lipinski definition) is 2. The molecule has 180 valence electrons. The highest BCUT2D eigenvalue weighted by molar-refractivity contribution is 8.00. The first-order valence-electron chi connectivity index (χ1n) is 11.4. The van der Waals surface area contributed by atoms with Crippen LogP contribution in [0.4, 0.5) is 11.5 Å². The number of carbonyl (C=O) groups excluding carboxylic acids is 1. The highest BCUT2D eigenvalue weighted by atomic mass is 32.2. The number of H-pyrrole nitrogens is 1. The summed E-state index contributed by atoms with van der Waals surface area (Å²) in [5, 5.41) is 0. The van der Waals surface area contributed by atoms with Crippen molar-refractivity contribution in [2.75, 3.05) is 36.1 Å². The molecule has 0 bridgehead atoms. The normalized spacial score (nSPS) is 12.5. The molecule has 1 aromatic heterocycles. The van der Waals surface area contributed by atoms with Crippen LogP contribution in [0.3, 0.4) is 0 Å². The van der Waals surface area contributed by atoms with E-state index in [1.807, 2.05) is 25.1 Å². The van der Waals surface area contributed by atoms with E-state index in [-0.39, 0.29) is 23.2 Å². The molecule has 0 radical (unpaired) electrons. The third kappa shape index (κ3) is 6.13. The summed E-state index contributed by atoms with van der Waals surface area (Å²) in [5.74, 6) is 1.24. The van der Waals surface area contributed by atoms with Crippen LogP contribution in [-0.4, -0.2) is 41.0 Å². The van der Waals surface area contributed by atoms with Crippen LogP contribution >= 0.6 is 11.8 Å². The van der Waals surface area contributed by atoms with Gasteiger partial charge in [0.1, 0.15) is 19.0 Å². The molecule has 0 unspecified atom stereocenters. The molecule has 1 amide bonds. The van der Waals surface area contributed by atoms with E-state index in [2.05, 4.69) is 11.9 Å². The molecule has 3 rings (SSSR count). The lowest BCUT2D eigenvalue weighted by Crippen LogP contribution is -2.42. The summed E-state index contributed by atoms with van der Waals surface area (Å²) in [4.78, 5) is 42.9. The van der Waals surface area contributed by atoms with E-state index in [4.69, 9.17) is 15.2 Å². The van der Waals surface area contributed by atoms with Gasteiger partial charge in [-0.25, -0.2) is 4.79 Å². The SMILES string of the molecule is CCCCCN(C(=O)CSc1ccc2c(c1)OCCO2)c1c(N)n(CCCC)c(=O)[nH]c1=O. The molecule has 0 spiro atoms. The molecule has 1 aliphatic heterocycles. The number of fused-ring (bicyclic) bond motifs is 1. The van der Waals surface area contributed by atoms with Crippen LogP contribution in [0.25, 0.3) is 0 Å². The summed E-state index contributed by atoms with van der Waals surface area (Å²) >= 11 is 1.35. The lowest BCUT2D eigenvalue weighted by molar-refractivity contribution is -0.116. The van der Waals surface area contributed by atoms with Gasteiger partial charge in [-0.15, -0.1) is 11.8 Å². The topological polar surface area (TPSA) is 120 Å². The van der Waals surface area contributed by atoms with Crippen molar-refractivity contribution in [3.05, 3.63) is 39.0 Å². The van der Waals surface area contributed by atoms with Gasteiger partial charge in [0.05, 0.1) is 5.75 Å². The second kappa shape index (κ2) is 11.8. The van der Waals surface area contributed by atoms with Crippen molar-refractivity contribution < 1.29 is 14.3 Å². The van der Waals surface area contributed by atoms with Gasteiger partial charge >= 0.3 is 5.69 Å². The number of carbonyl (C=O) groups is 1. The number of amides is 1. The summed E-state index contributed by atoms with van der Waals surface area (Å²) in [7, 11) is 0. The maximum atomic E-state index is 13.3. The standard InChI is InChI=1S/C23H32N4O5S/c1-3-5-7-11-26(20-21(24)27(10-6-4-2)23(30)25-22(20)29)19(28)15-33-16-8-9-17-18(14-16)32-13-12-31-17/h8-9,14H,3-7,10-13,15,24H2,1-2H3,(H,25,29,30). The molecular weight excluding hydrogens is 444 g/mol. The Morgan fingerprint density at radius 3 is 2.58 bits per heavy atom. The van der Waals surface area contributed by atoms with Crippen molar-refractivity contribution >= 4 is 29.2 Å². The highest BCUT2D eigenvalue weighted by Gasteiger charge is 2.24. The number of nitrogens with zero attached hydrogens (tertiary/aromatic N) is 2. The Morgan fingerprint density at radius 1 is 1.12 bits per heavy atom. The molecule has 0 fully saturated rings. The van der Waals surface area contributed by atoms with Crippen LogP contribution in [0, 0.1) is 0 Å². The Bertz CT molecular complexity index is 1080. The van der Waals surface area contributed by atoms with Crippen LogP contribution in [0.15, 0.2) is 32.7 Å². The van der Waals surface area contributed by atoms with Gasteiger partial charge in [0, 0.05) is 18.0 Å². The average molecular weight is 477 g/mol. The molecule has 0 aliphatic carbocycles. The van der Waals surface area contributed by atoms with Gasteiger partial charge in [0.15, 0.2) is 17.2 Å². The second-order valence-electron chi connectivity index (χ2n) is 7.84. The number of anilines is 2. The van der Waals surface area contributed by atoms with Gasteiger partial charge in [0.25, 0.3) is 5.56 Å². The van der Waals surface area contributed by atoms with Gasteiger partial charge in [-0.3, -0.25) is 19.1 Å². The minimum Gasteiger partial charge on any atom is -0.486 e. The first-order chi connectivity index (χ1) is 16.0. The number of nitrogen functional groups attached to an aromatic ring is 1. The molecule has 0 saturated carbocycles. The largest absolute Gasteiger partial charge is 0.486 e. The number of benzene rings is 1.